The summed E-state index contributed by atoms with van der Waals surface area (Å²) < 4.78 is 7.02. The number of carbonyl (C=O) groups is 1. The number of nitrogens with one attached hydrogen (secondary N) is 1. The van der Waals surface area contributed by atoms with Crippen molar-refractivity contribution < 1.29 is 14.6 Å². The lowest BCUT2D eigenvalue weighted by Gasteiger charge is -2.35. The van der Waals surface area contributed by atoms with Crippen LogP contribution in [-0.4, -0.2) is 52.3 Å². The molecule has 170 valence electrons. The zero-order valence-electron chi connectivity index (χ0n) is 18.9. The molecule has 1 amide bonds. The minimum Gasteiger partial charge on any atom is -0.383 e. The van der Waals surface area contributed by atoms with Gasteiger partial charge < -0.3 is 14.7 Å². The summed E-state index contributed by atoms with van der Waals surface area (Å²) in [7, 11) is 1.66. The summed E-state index contributed by atoms with van der Waals surface area (Å²) in [5, 5.41) is 20.2. The Kier molecular flexibility index (Phi) is 6.59. The van der Waals surface area contributed by atoms with Gasteiger partial charge in [-0.2, -0.15) is 5.10 Å². The number of fused-ring (bicyclic) bond motifs is 1. The number of amides is 1. The summed E-state index contributed by atoms with van der Waals surface area (Å²) in [6.07, 6.45) is 0.998. The maximum atomic E-state index is 12.8. The third-order valence-electron chi connectivity index (χ3n) is 5.89. The number of aliphatic hydroxyl groups excluding tert-OH is 1. The summed E-state index contributed by atoms with van der Waals surface area (Å²) in [4.78, 5) is 19.5. The molecule has 4 rings (SSSR count). The highest BCUT2D eigenvalue weighted by Crippen LogP contribution is 2.34. The van der Waals surface area contributed by atoms with Crippen molar-refractivity contribution >= 4 is 28.1 Å². The summed E-state index contributed by atoms with van der Waals surface area (Å²) >= 11 is 1.40. The van der Waals surface area contributed by atoms with Gasteiger partial charge in [-0.3, -0.25) is 14.8 Å². The van der Waals surface area contributed by atoms with Crippen LogP contribution in [0.4, 0.5) is 10.8 Å². The molecule has 1 aliphatic heterocycles. The molecule has 0 radical (unpaired) electrons. The number of hydrogen-bond acceptors (Lipinski definition) is 7. The fourth-order valence-corrected chi connectivity index (χ4v) is 4.96. The minimum atomic E-state index is -0.492. The number of benzene rings is 1. The fraction of sp³-hybridized carbons (Fsp3) is 0.435. The molecule has 2 aromatic heterocycles. The lowest BCUT2D eigenvalue weighted by molar-refractivity contribution is 0.102. The summed E-state index contributed by atoms with van der Waals surface area (Å²) in [6.45, 7) is 7.69. The molecular weight excluding hydrogens is 426 g/mol. The Bertz CT molecular complexity index is 1120. The third-order valence-corrected chi connectivity index (χ3v) is 6.64. The van der Waals surface area contributed by atoms with Crippen molar-refractivity contribution in [3.05, 3.63) is 46.1 Å². The molecule has 0 spiro atoms. The van der Waals surface area contributed by atoms with E-state index in [2.05, 4.69) is 21.5 Å². The molecule has 3 aromatic rings. The van der Waals surface area contributed by atoms with Crippen molar-refractivity contribution in [3.63, 3.8) is 0 Å². The number of hydrogen-bond donors (Lipinski definition) is 2. The SMILES string of the molecule is CCn1nc(C)c(C(=O)Nc2nc(-c3ccc4c(c3)CCC(O)N4CCOC)cs2)c1C. The van der Waals surface area contributed by atoms with Crippen molar-refractivity contribution in [3.8, 4) is 11.3 Å². The molecule has 0 saturated heterocycles. The average Bonchev–Trinajstić information content (AvgIpc) is 3.36. The molecule has 0 aliphatic carbocycles. The highest BCUT2D eigenvalue weighted by molar-refractivity contribution is 7.14. The van der Waals surface area contributed by atoms with Crippen molar-refractivity contribution in [2.75, 3.05) is 30.5 Å². The summed E-state index contributed by atoms with van der Waals surface area (Å²) in [5.74, 6) is -0.186. The van der Waals surface area contributed by atoms with E-state index in [-0.39, 0.29) is 5.91 Å². The van der Waals surface area contributed by atoms with Crippen LogP contribution in [0.5, 0.6) is 0 Å². The smallest absolute Gasteiger partial charge is 0.261 e. The van der Waals surface area contributed by atoms with E-state index in [4.69, 9.17) is 4.74 Å². The van der Waals surface area contributed by atoms with Gasteiger partial charge in [-0.25, -0.2) is 4.98 Å². The van der Waals surface area contributed by atoms with E-state index in [1.54, 1.807) is 7.11 Å². The monoisotopic (exact) mass is 455 g/mol. The van der Waals surface area contributed by atoms with Gasteiger partial charge >= 0.3 is 0 Å². The van der Waals surface area contributed by atoms with Gasteiger partial charge in [-0.1, -0.05) is 6.07 Å². The Labute approximate surface area is 191 Å². The Balaban J connectivity index is 1.53. The Morgan fingerprint density at radius 2 is 2.19 bits per heavy atom. The molecule has 1 unspecified atom stereocenters. The van der Waals surface area contributed by atoms with E-state index in [0.717, 1.165) is 35.6 Å². The zero-order chi connectivity index (χ0) is 22.8. The molecule has 9 heteroatoms. The number of methoxy groups -OCH3 is 1. The second-order valence-corrected chi connectivity index (χ2v) is 8.76. The van der Waals surface area contributed by atoms with E-state index in [0.29, 0.717) is 36.0 Å². The van der Waals surface area contributed by atoms with Crippen LogP contribution in [0.1, 0.15) is 40.7 Å². The number of aliphatic hydroxyl groups is 1. The Morgan fingerprint density at radius 1 is 1.38 bits per heavy atom. The van der Waals surface area contributed by atoms with Gasteiger partial charge in [-0.15, -0.1) is 11.3 Å². The van der Waals surface area contributed by atoms with Crippen LogP contribution in [0, 0.1) is 13.8 Å². The molecule has 1 aliphatic rings. The van der Waals surface area contributed by atoms with Gasteiger partial charge in [0.25, 0.3) is 5.91 Å². The molecule has 8 nitrogen and oxygen atoms in total. The first-order valence-electron chi connectivity index (χ1n) is 10.8. The fourth-order valence-electron chi connectivity index (χ4n) is 4.24. The lowest BCUT2D eigenvalue weighted by Crippen LogP contribution is -2.41. The highest BCUT2D eigenvalue weighted by Gasteiger charge is 2.25. The van der Waals surface area contributed by atoms with Gasteiger partial charge in [0.1, 0.15) is 6.23 Å². The number of anilines is 2. The third kappa shape index (κ3) is 4.28. The van der Waals surface area contributed by atoms with E-state index in [1.807, 2.05) is 47.9 Å². The summed E-state index contributed by atoms with van der Waals surface area (Å²) in [6, 6.07) is 6.17. The van der Waals surface area contributed by atoms with Crippen LogP contribution in [0.2, 0.25) is 0 Å². The van der Waals surface area contributed by atoms with Gasteiger partial charge in [0.15, 0.2) is 5.13 Å². The lowest BCUT2D eigenvalue weighted by atomic mass is 9.97. The van der Waals surface area contributed by atoms with Gasteiger partial charge in [-0.05, 0) is 51.3 Å². The van der Waals surface area contributed by atoms with Gasteiger partial charge in [0.05, 0.1) is 23.6 Å². The zero-order valence-corrected chi connectivity index (χ0v) is 19.7. The second kappa shape index (κ2) is 9.40. The summed E-state index contributed by atoms with van der Waals surface area (Å²) in [5.41, 5.74) is 6.21. The van der Waals surface area contributed by atoms with Crippen molar-refractivity contribution in [1.82, 2.24) is 14.8 Å². The normalized spacial score (nSPS) is 15.7. The molecule has 32 heavy (non-hydrogen) atoms. The number of aryl methyl sites for hydroxylation is 3. The Hall–Kier alpha value is -2.75. The van der Waals surface area contributed by atoms with E-state index < -0.39 is 6.23 Å². The molecule has 0 saturated carbocycles. The van der Waals surface area contributed by atoms with E-state index in [9.17, 15) is 9.90 Å². The van der Waals surface area contributed by atoms with Crippen LogP contribution in [0.3, 0.4) is 0 Å². The van der Waals surface area contributed by atoms with Crippen LogP contribution < -0.4 is 10.2 Å². The van der Waals surface area contributed by atoms with Crippen LogP contribution in [-0.2, 0) is 17.7 Å². The molecule has 1 aromatic carbocycles. The molecule has 1 atom stereocenters. The van der Waals surface area contributed by atoms with E-state index >= 15 is 0 Å². The van der Waals surface area contributed by atoms with Gasteiger partial charge in [0.2, 0.25) is 0 Å². The van der Waals surface area contributed by atoms with E-state index in [1.165, 1.54) is 16.9 Å². The molecule has 2 N–H and O–H groups in total. The molecule has 3 heterocycles. The highest BCUT2D eigenvalue weighted by atomic mass is 32.1. The van der Waals surface area contributed by atoms with Crippen LogP contribution >= 0.6 is 11.3 Å². The second-order valence-electron chi connectivity index (χ2n) is 7.90. The quantitative estimate of drug-likeness (QED) is 0.565. The first-order chi connectivity index (χ1) is 15.4. The van der Waals surface area contributed by atoms with Crippen LogP contribution in [0.15, 0.2) is 23.6 Å². The largest absolute Gasteiger partial charge is 0.383 e. The topological polar surface area (TPSA) is 92.5 Å². The number of carbonyl (C=O) groups excluding carboxylic acids is 1. The van der Waals surface area contributed by atoms with Gasteiger partial charge in [0, 0.05) is 42.5 Å². The number of rotatable bonds is 7. The first kappa shape index (κ1) is 22.4. The number of aromatic nitrogens is 3. The Morgan fingerprint density at radius 3 is 2.91 bits per heavy atom. The van der Waals surface area contributed by atoms with Crippen molar-refractivity contribution in [1.29, 1.82) is 0 Å². The average molecular weight is 456 g/mol. The first-order valence-corrected chi connectivity index (χ1v) is 11.7. The number of nitrogens with zero attached hydrogens (tertiary/aromatic N) is 4. The maximum Gasteiger partial charge on any atom is 0.261 e. The molecule has 0 bridgehead atoms. The number of ether oxygens (including phenoxy) is 1. The number of thiazole rings is 1. The predicted molar refractivity (Wildman–Crippen MR) is 126 cm³/mol. The standard InChI is InChI=1S/C23H29N5O3S/c1-5-28-15(3)21(14(2)26-28)22(30)25-23-24-18(13-32-23)16-6-8-19-17(12-16)7-9-20(29)27(19)10-11-31-4/h6,8,12-13,20,29H,5,7,9-11H2,1-4H3,(H,24,25,30). The molecular formula is C23H29N5O3S. The maximum absolute atomic E-state index is 12.8. The molecule has 0 fully saturated rings. The van der Waals surface area contributed by atoms with Crippen molar-refractivity contribution in [2.24, 2.45) is 0 Å². The predicted octanol–water partition coefficient (Wildman–Crippen LogP) is 3.61. The van der Waals surface area contributed by atoms with Crippen LogP contribution in [0.25, 0.3) is 11.3 Å². The minimum absolute atomic E-state index is 0.186. The van der Waals surface area contributed by atoms with Crippen molar-refractivity contribution in [2.45, 2.75) is 46.4 Å².